The first-order valence-electron chi connectivity index (χ1n) is 7.13. The molecule has 2 aromatic rings. The number of ether oxygens (including phenoxy) is 2. The lowest BCUT2D eigenvalue weighted by molar-refractivity contribution is 0.0816. The van der Waals surface area contributed by atoms with Gasteiger partial charge in [-0.25, -0.2) is 4.68 Å². The molecule has 0 unspecified atom stereocenters. The molecule has 1 heterocycles. The minimum atomic E-state index is -0.297. The van der Waals surface area contributed by atoms with E-state index in [1.165, 1.54) is 4.68 Å². The lowest BCUT2D eigenvalue weighted by atomic mass is 10.1. The van der Waals surface area contributed by atoms with E-state index in [1.807, 2.05) is 18.2 Å². The molecule has 0 N–H and O–H groups in total. The highest BCUT2D eigenvalue weighted by molar-refractivity contribution is 6.32. The highest BCUT2D eigenvalue weighted by atomic mass is 35.5. The van der Waals surface area contributed by atoms with Crippen molar-refractivity contribution >= 4 is 17.5 Å². The molecule has 0 fully saturated rings. The van der Waals surface area contributed by atoms with Crippen molar-refractivity contribution in [2.45, 2.75) is 20.3 Å². The second kappa shape index (κ2) is 7.33. The molecular formula is C17H19ClN2O3. The number of allylic oxidation sites excluding steroid dienone is 1. The smallest absolute Gasteiger partial charge is 0.285 e. The van der Waals surface area contributed by atoms with Crippen LogP contribution in [0, 0.1) is 13.8 Å². The summed E-state index contributed by atoms with van der Waals surface area (Å²) in [6.45, 7) is 7.04. The molecule has 0 saturated carbocycles. The third kappa shape index (κ3) is 3.74. The number of carbonyl (C=O) groups is 1. The van der Waals surface area contributed by atoms with Gasteiger partial charge < -0.3 is 9.47 Å². The average Bonchev–Trinajstić information content (AvgIpc) is 2.81. The molecule has 0 bridgehead atoms. The normalized spacial score (nSPS) is 10.4. The van der Waals surface area contributed by atoms with Crippen molar-refractivity contribution in [2.75, 3.05) is 13.7 Å². The first-order valence-corrected chi connectivity index (χ1v) is 7.51. The zero-order valence-electron chi connectivity index (χ0n) is 13.4. The average molecular weight is 335 g/mol. The highest BCUT2D eigenvalue weighted by Crippen LogP contribution is 2.28. The van der Waals surface area contributed by atoms with Crippen molar-refractivity contribution < 1.29 is 14.3 Å². The van der Waals surface area contributed by atoms with Crippen molar-refractivity contribution in [1.29, 1.82) is 0 Å². The van der Waals surface area contributed by atoms with Gasteiger partial charge in [-0.05, 0) is 38.0 Å². The van der Waals surface area contributed by atoms with Gasteiger partial charge in [0.05, 0.1) is 23.5 Å². The van der Waals surface area contributed by atoms with Crippen LogP contribution in [-0.2, 0) is 6.42 Å². The number of halogens is 1. The number of aromatic nitrogens is 2. The van der Waals surface area contributed by atoms with Gasteiger partial charge in [0.25, 0.3) is 5.91 Å². The number of rotatable bonds is 6. The molecule has 0 saturated heterocycles. The Balaban J connectivity index is 2.12. The van der Waals surface area contributed by atoms with Crippen LogP contribution < -0.4 is 9.47 Å². The molecule has 0 aliphatic heterocycles. The zero-order chi connectivity index (χ0) is 17.0. The molecule has 0 spiro atoms. The number of hydrogen-bond donors (Lipinski definition) is 0. The molecule has 23 heavy (non-hydrogen) atoms. The molecule has 0 aliphatic rings. The molecule has 0 amide bonds. The highest BCUT2D eigenvalue weighted by Gasteiger charge is 2.16. The maximum atomic E-state index is 12.2. The maximum Gasteiger partial charge on any atom is 0.285 e. The molecule has 5 nitrogen and oxygen atoms in total. The third-order valence-electron chi connectivity index (χ3n) is 3.40. The Labute approximate surface area is 140 Å². The van der Waals surface area contributed by atoms with Gasteiger partial charge in [0.1, 0.15) is 0 Å². The maximum absolute atomic E-state index is 12.2. The van der Waals surface area contributed by atoms with E-state index in [-0.39, 0.29) is 12.5 Å². The Morgan fingerprint density at radius 3 is 2.70 bits per heavy atom. The fourth-order valence-electron chi connectivity index (χ4n) is 2.19. The number of benzene rings is 1. The summed E-state index contributed by atoms with van der Waals surface area (Å²) < 4.78 is 12.1. The summed E-state index contributed by atoms with van der Waals surface area (Å²) in [6, 6.07) is 5.55. The summed E-state index contributed by atoms with van der Waals surface area (Å²) in [6.07, 6.45) is 2.55. The number of hydrogen-bond acceptors (Lipinski definition) is 4. The van der Waals surface area contributed by atoms with Gasteiger partial charge in [0.2, 0.25) is 0 Å². The van der Waals surface area contributed by atoms with Gasteiger partial charge in [0, 0.05) is 0 Å². The van der Waals surface area contributed by atoms with Crippen LogP contribution in [0.2, 0.25) is 5.02 Å². The SMILES string of the molecule is C=CCc1ccc(OCC(=O)n2nc(C)c(Cl)c2C)c(OC)c1. The molecule has 2 rings (SSSR count). The van der Waals surface area contributed by atoms with Crippen molar-refractivity contribution in [2.24, 2.45) is 0 Å². The summed E-state index contributed by atoms with van der Waals surface area (Å²) in [5, 5.41) is 4.61. The predicted molar refractivity (Wildman–Crippen MR) is 89.7 cm³/mol. The minimum Gasteiger partial charge on any atom is -0.493 e. The standard InChI is InChI=1S/C17H19ClN2O3/c1-5-6-13-7-8-14(15(9-13)22-4)23-10-16(21)20-12(3)17(18)11(2)19-20/h5,7-9H,1,6,10H2,2-4H3. The van der Waals surface area contributed by atoms with Crippen molar-refractivity contribution in [3.05, 3.63) is 52.8 Å². The van der Waals surface area contributed by atoms with Crippen LogP contribution in [0.25, 0.3) is 0 Å². The Hall–Kier alpha value is -2.27. The number of methoxy groups -OCH3 is 1. The largest absolute Gasteiger partial charge is 0.493 e. The Morgan fingerprint density at radius 2 is 2.13 bits per heavy atom. The Kier molecular flexibility index (Phi) is 5.45. The van der Waals surface area contributed by atoms with Gasteiger partial charge in [0.15, 0.2) is 18.1 Å². The number of carbonyl (C=O) groups excluding carboxylic acids is 1. The van der Waals surface area contributed by atoms with Crippen molar-refractivity contribution in [3.8, 4) is 11.5 Å². The lowest BCUT2D eigenvalue weighted by Gasteiger charge is -2.11. The van der Waals surface area contributed by atoms with E-state index in [1.54, 1.807) is 27.0 Å². The van der Waals surface area contributed by atoms with Gasteiger partial charge >= 0.3 is 0 Å². The summed E-state index contributed by atoms with van der Waals surface area (Å²) in [7, 11) is 1.56. The lowest BCUT2D eigenvalue weighted by Crippen LogP contribution is -2.21. The van der Waals surface area contributed by atoms with Crippen LogP contribution in [0.4, 0.5) is 0 Å². The first kappa shape index (κ1) is 17.1. The summed E-state index contributed by atoms with van der Waals surface area (Å²) >= 11 is 6.05. The molecule has 0 radical (unpaired) electrons. The topological polar surface area (TPSA) is 53.4 Å². The van der Waals surface area contributed by atoms with E-state index in [9.17, 15) is 4.79 Å². The van der Waals surface area contributed by atoms with E-state index in [2.05, 4.69) is 11.7 Å². The number of aryl methyl sites for hydroxylation is 1. The van der Waals surface area contributed by atoms with E-state index in [0.717, 1.165) is 12.0 Å². The summed E-state index contributed by atoms with van der Waals surface area (Å²) in [5.74, 6) is 0.777. The minimum absolute atomic E-state index is 0.157. The fraction of sp³-hybridized carbons (Fsp3) is 0.294. The second-order valence-electron chi connectivity index (χ2n) is 5.06. The van der Waals surface area contributed by atoms with Crippen LogP contribution in [0.1, 0.15) is 21.7 Å². The van der Waals surface area contributed by atoms with Crippen molar-refractivity contribution in [3.63, 3.8) is 0 Å². The van der Waals surface area contributed by atoms with Crippen LogP contribution in [-0.4, -0.2) is 29.4 Å². The van der Waals surface area contributed by atoms with Crippen molar-refractivity contribution in [1.82, 2.24) is 9.78 Å². The van der Waals surface area contributed by atoms with Crippen LogP contribution in [0.3, 0.4) is 0 Å². The quantitative estimate of drug-likeness (QED) is 0.757. The monoisotopic (exact) mass is 334 g/mol. The second-order valence-corrected chi connectivity index (χ2v) is 5.43. The van der Waals surface area contributed by atoms with Gasteiger partial charge in [-0.3, -0.25) is 4.79 Å². The summed E-state index contributed by atoms with van der Waals surface area (Å²) in [5.41, 5.74) is 2.27. The molecule has 1 aromatic heterocycles. The van der Waals surface area contributed by atoms with E-state index >= 15 is 0 Å². The van der Waals surface area contributed by atoms with Gasteiger partial charge in [-0.15, -0.1) is 6.58 Å². The molecule has 122 valence electrons. The Morgan fingerprint density at radius 1 is 1.39 bits per heavy atom. The molecule has 0 atom stereocenters. The van der Waals surface area contributed by atoms with Gasteiger partial charge in [-0.2, -0.15) is 5.10 Å². The van der Waals surface area contributed by atoms with E-state index in [4.69, 9.17) is 21.1 Å². The van der Waals surface area contributed by atoms with Crippen LogP contribution in [0.15, 0.2) is 30.9 Å². The molecule has 0 aliphatic carbocycles. The fourth-order valence-corrected chi connectivity index (χ4v) is 2.31. The molecular weight excluding hydrogens is 316 g/mol. The zero-order valence-corrected chi connectivity index (χ0v) is 14.2. The number of nitrogens with zero attached hydrogens (tertiary/aromatic N) is 2. The predicted octanol–water partition coefficient (Wildman–Crippen LogP) is 3.61. The van der Waals surface area contributed by atoms with E-state index < -0.39 is 0 Å². The molecule has 6 heteroatoms. The third-order valence-corrected chi connectivity index (χ3v) is 3.95. The Bertz CT molecular complexity index is 738. The molecule has 1 aromatic carbocycles. The summed E-state index contributed by atoms with van der Waals surface area (Å²) in [4.78, 5) is 12.2. The first-order chi connectivity index (χ1) is 11.0. The van der Waals surface area contributed by atoms with E-state index in [0.29, 0.717) is 27.9 Å². The van der Waals surface area contributed by atoms with Gasteiger partial charge in [-0.1, -0.05) is 23.7 Å². The van der Waals surface area contributed by atoms with Crippen LogP contribution in [0.5, 0.6) is 11.5 Å². The van der Waals surface area contributed by atoms with Crippen LogP contribution >= 0.6 is 11.6 Å².